The molecule has 0 amide bonds. The summed E-state index contributed by atoms with van der Waals surface area (Å²) < 4.78 is 0. The minimum atomic E-state index is 0. The van der Waals surface area contributed by atoms with E-state index >= 15 is 0 Å². The summed E-state index contributed by atoms with van der Waals surface area (Å²) in [4.78, 5) is 0. The molecule has 0 saturated heterocycles. The summed E-state index contributed by atoms with van der Waals surface area (Å²) in [6, 6.07) is 14.7. The Labute approximate surface area is 116 Å². The van der Waals surface area contributed by atoms with Crippen LogP contribution in [0.2, 0.25) is 0 Å². The van der Waals surface area contributed by atoms with Crippen LogP contribution in [0.15, 0.2) is 42.5 Å². The van der Waals surface area contributed by atoms with Gasteiger partial charge in [-0.15, -0.1) is 17.2 Å². The Kier molecular flexibility index (Phi) is 13.5. The van der Waals surface area contributed by atoms with Gasteiger partial charge in [-0.3, -0.25) is 0 Å². The molecule has 0 fully saturated rings. The third-order valence-corrected chi connectivity index (χ3v) is 1.55. The quantitative estimate of drug-likeness (QED) is 0.305. The van der Waals surface area contributed by atoms with Gasteiger partial charge in [0.05, 0.1) is 0 Å². The maximum atomic E-state index is 2.12. The molecule has 13 heavy (non-hydrogen) atoms. The number of rotatable bonds is 0. The van der Waals surface area contributed by atoms with Gasteiger partial charge < -0.3 is 37.2 Å². The molecule has 0 aromatic carbocycles. The van der Waals surface area contributed by atoms with E-state index in [0.717, 1.165) is 0 Å². The van der Waals surface area contributed by atoms with Crippen LogP contribution in [-0.4, -0.2) is 0 Å². The molecule has 2 rings (SSSR count). The average Bonchev–Trinajstić information content (AvgIpc) is 2.33. The van der Waals surface area contributed by atoms with Crippen LogP contribution < -0.4 is 37.2 Å². The molecule has 0 N–H and O–H groups in total. The van der Waals surface area contributed by atoms with E-state index < -0.39 is 0 Å². The Morgan fingerprint density at radius 2 is 1.46 bits per heavy atom. The number of halogens is 3. The van der Waals surface area contributed by atoms with Gasteiger partial charge in [-0.25, -0.2) is 0 Å². The molecule has 0 radical (unpaired) electrons. The first-order valence-corrected chi connectivity index (χ1v) is 3.07. The van der Waals surface area contributed by atoms with Crippen LogP contribution in [-0.2, 0) is 25.8 Å². The second-order valence-electron chi connectivity index (χ2n) is 2.15. The third kappa shape index (κ3) is 4.55. The number of benzene rings is 1. The van der Waals surface area contributed by atoms with Crippen LogP contribution in [0.5, 0.6) is 0 Å². The van der Waals surface area contributed by atoms with Crippen molar-refractivity contribution in [1.29, 1.82) is 0 Å². The third-order valence-electron chi connectivity index (χ3n) is 1.55. The molecule has 0 unspecified atom stereocenters. The predicted molar refractivity (Wildman–Crippen MR) is 38.7 cm³/mol. The Balaban J connectivity index is -0.000000250. The van der Waals surface area contributed by atoms with Crippen molar-refractivity contribution in [2.24, 2.45) is 0 Å². The first-order chi connectivity index (χ1) is 4.47. The second kappa shape index (κ2) is 9.14. The first-order valence-electron chi connectivity index (χ1n) is 3.07. The summed E-state index contributed by atoms with van der Waals surface area (Å²) in [7, 11) is 0. The summed E-state index contributed by atoms with van der Waals surface area (Å²) in [5.74, 6) is 0. The van der Waals surface area contributed by atoms with Gasteiger partial charge in [0, 0.05) is 0 Å². The molecule has 0 spiro atoms. The van der Waals surface area contributed by atoms with Crippen molar-refractivity contribution in [2.45, 2.75) is 0 Å². The van der Waals surface area contributed by atoms with Gasteiger partial charge in [0.1, 0.15) is 0 Å². The van der Waals surface area contributed by atoms with Crippen molar-refractivity contribution in [3.8, 4) is 11.1 Å². The van der Waals surface area contributed by atoms with Crippen molar-refractivity contribution < 1.29 is 63.1 Å². The van der Waals surface area contributed by atoms with Gasteiger partial charge in [-0.1, -0.05) is 12.1 Å². The second-order valence-corrected chi connectivity index (χ2v) is 2.15. The Morgan fingerprint density at radius 3 is 2.08 bits per heavy atom. The zero-order valence-electron chi connectivity index (χ0n) is 6.68. The van der Waals surface area contributed by atoms with Crippen LogP contribution >= 0.6 is 0 Å². The fourth-order valence-electron chi connectivity index (χ4n) is 1.07. The summed E-state index contributed by atoms with van der Waals surface area (Å²) >= 11 is 0. The van der Waals surface area contributed by atoms with Crippen molar-refractivity contribution in [1.82, 2.24) is 0 Å². The first kappa shape index (κ1) is 19.2. The molecule has 0 aliphatic heterocycles. The fourth-order valence-corrected chi connectivity index (χ4v) is 1.07. The molecule has 0 atom stereocenters. The van der Waals surface area contributed by atoms with Crippen LogP contribution in [0.3, 0.4) is 0 Å². The van der Waals surface area contributed by atoms with Gasteiger partial charge in [-0.2, -0.15) is 24.3 Å². The SMILES string of the molecule is [Cl-].[Cl-].[Cl-].[Hf+4].c1cc2cc[cH-]cc-2c1. The molecule has 68 valence electrons. The summed E-state index contributed by atoms with van der Waals surface area (Å²) in [6.45, 7) is 0. The fraction of sp³-hybridized carbons (Fsp3) is 0. The Hall–Kier alpha value is 0.570. The molecule has 0 bridgehead atoms. The van der Waals surface area contributed by atoms with Crippen molar-refractivity contribution in [2.75, 3.05) is 0 Å². The predicted octanol–water partition coefficient (Wildman–Crippen LogP) is -6.48. The number of hydrogen-bond donors (Lipinski definition) is 0. The van der Waals surface area contributed by atoms with E-state index in [1.165, 1.54) is 11.1 Å². The molecule has 0 saturated carbocycles. The molecule has 2 aliphatic rings. The smallest absolute Gasteiger partial charge is 1.00 e. The molecule has 0 heterocycles. The number of fused-ring (bicyclic) bond motifs is 1. The zero-order chi connectivity index (χ0) is 6.10. The van der Waals surface area contributed by atoms with E-state index in [-0.39, 0.29) is 63.1 Å². The van der Waals surface area contributed by atoms with Crippen molar-refractivity contribution in [3.05, 3.63) is 42.5 Å². The van der Waals surface area contributed by atoms with Gasteiger partial charge in [-0.05, 0) is 0 Å². The molecule has 4 heteroatoms. The molecule has 0 aromatic heterocycles. The monoisotopic (exact) mass is 400 g/mol. The van der Waals surface area contributed by atoms with Crippen molar-refractivity contribution >= 4 is 0 Å². The van der Waals surface area contributed by atoms with Gasteiger partial charge in [0.2, 0.25) is 0 Å². The normalized spacial score (nSPS) is 7.08. The van der Waals surface area contributed by atoms with Gasteiger partial charge >= 0.3 is 25.8 Å². The zero-order valence-corrected chi connectivity index (χ0v) is 12.5. The topological polar surface area (TPSA) is 0 Å². The molecule has 0 nitrogen and oxygen atoms in total. The van der Waals surface area contributed by atoms with E-state index in [2.05, 4.69) is 42.5 Å². The van der Waals surface area contributed by atoms with Crippen LogP contribution in [0.1, 0.15) is 0 Å². The van der Waals surface area contributed by atoms with E-state index in [1.54, 1.807) is 0 Å². The molecular weight excluding hydrogens is 393 g/mol. The summed E-state index contributed by atoms with van der Waals surface area (Å²) in [6.07, 6.45) is 0. The molecule has 2 aliphatic carbocycles. The maximum absolute atomic E-state index is 2.12. The van der Waals surface area contributed by atoms with Gasteiger partial charge in [0.25, 0.3) is 0 Å². The molecule has 0 aromatic rings. The van der Waals surface area contributed by atoms with Crippen LogP contribution in [0.25, 0.3) is 11.1 Å². The van der Waals surface area contributed by atoms with Crippen molar-refractivity contribution in [3.63, 3.8) is 0 Å². The van der Waals surface area contributed by atoms with E-state index in [0.29, 0.717) is 0 Å². The summed E-state index contributed by atoms with van der Waals surface area (Å²) in [5, 5.41) is 0. The Bertz CT molecular complexity index is 255. The minimum Gasteiger partial charge on any atom is -1.00 e. The van der Waals surface area contributed by atoms with E-state index in [9.17, 15) is 0 Å². The molecular formula is C9H7Cl3Hf. The summed E-state index contributed by atoms with van der Waals surface area (Å²) in [5.41, 5.74) is 2.66. The van der Waals surface area contributed by atoms with Gasteiger partial charge in [0.15, 0.2) is 0 Å². The standard InChI is InChI=1S/C9H7.3ClH.Hf/c1-2-5-9-7-3-6-8(9)4-1;;;;/h1-7H;3*1H;/q-1;;;;+4/p-3. The van der Waals surface area contributed by atoms with E-state index in [4.69, 9.17) is 0 Å². The average molecular weight is 400 g/mol. The van der Waals surface area contributed by atoms with E-state index in [1.807, 2.05) is 0 Å². The van der Waals surface area contributed by atoms with Crippen LogP contribution in [0.4, 0.5) is 0 Å². The number of hydrogen-bond acceptors (Lipinski definition) is 0. The largest absolute Gasteiger partial charge is 4.00 e. The maximum Gasteiger partial charge on any atom is 4.00 e. The van der Waals surface area contributed by atoms with Crippen LogP contribution in [0, 0.1) is 0 Å². The minimum absolute atomic E-state index is 0. The Morgan fingerprint density at radius 1 is 0.846 bits per heavy atom.